The van der Waals surface area contributed by atoms with Gasteiger partial charge in [-0.15, -0.1) is 0 Å². The smallest absolute Gasteiger partial charge is 0.0491 e. The molecule has 1 aliphatic heterocycles. The molecule has 2 N–H and O–H groups in total. The molecular formula is C14H30N2O2. The SMILES string of the molecule is CCCNC(CCO)CN1CCC(COC)CC1. The summed E-state index contributed by atoms with van der Waals surface area (Å²) in [6.07, 6.45) is 4.50. The van der Waals surface area contributed by atoms with Gasteiger partial charge in [0.2, 0.25) is 0 Å². The lowest BCUT2D eigenvalue weighted by molar-refractivity contribution is 0.0932. The lowest BCUT2D eigenvalue weighted by Crippen LogP contribution is -2.45. The van der Waals surface area contributed by atoms with Crippen LogP contribution in [0.2, 0.25) is 0 Å². The largest absolute Gasteiger partial charge is 0.396 e. The first-order valence-electron chi connectivity index (χ1n) is 7.35. The number of nitrogens with zero attached hydrogens (tertiary/aromatic N) is 1. The molecule has 1 unspecified atom stereocenters. The Labute approximate surface area is 112 Å². The summed E-state index contributed by atoms with van der Waals surface area (Å²) in [6.45, 7) is 7.82. The van der Waals surface area contributed by atoms with E-state index >= 15 is 0 Å². The maximum absolute atomic E-state index is 9.10. The van der Waals surface area contributed by atoms with Crippen molar-refractivity contribution < 1.29 is 9.84 Å². The van der Waals surface area contributed by atoms with Crippen LogP contribution in [0.3, 0.4) is 0 Å². The van der Waals surface area contributed by atoms with E-state index < -0.39 is 0 Å². The first-order valence-corrected chi connectivity index (χ1v) is 7.35. The summed E-state index contributed by atoms with van der Waals surface area (Å²) in [5, 5.41) is 12.6. The highest BCUT2D eigenvalue weighted by Crippen LogP contribution is 2.17. The van der Waals surface area contributed by atoms with Gasteiger partial charge in [-0.05, 0) is 51.2 Å². The van der Waals surface area contributed by atoms with Gasteiger partial charge in [0.15, 0.2) is 0 Å². The van der Waals surface area contributed by atoms with E-state index in [9.17, 15) is 0 Å². The van der Waals surface area contributed by atoms with E-state index in [1.807, 2.05) is 0 Å². The third kappa shape index (κ3) is 6.14. The Morgan fingerprint density at radius 3 is 2.67 bits per heavy atom. The molecule has 0 aliphatic carbocycles. The Balaban J connectivity index is 2.23. The van der Waals surface area contributed by atoms with Crippen LogP contribution in [0.25, 0.3) is 0 Å². The van der Waals surface area contributed by atoms with Crippen LogP contribution in [0, 0.1) is 5.92 Å². The van der Waals surface area contributed by atoms with E-state index in [4.69, 9.17) is 9.84 Å². The summed E-state index contributed by atoms with van der Waals surface area (Å²) in [5.74, 6) is 0.742. The Morgan fingerprint density at radius 1 is 1.39 bits per heavy atom. The number of hydrogen-bond acceptors (Lipinski definition) is 4. The maximum Gasteiger partial charge on any atom is 0.0491 e. The molecule has 1 fully saturated rings. The number of likely N-dealkylation sites (tertiary alicyclic amines) is 1. The average Bonchev–Trinajstić information content (AvgIpc) is 2.39. The maximum atomic E-state index is 9.10. The molecule has 0 aromatic rings. The monoisotopic (exact) mass is 258 g/mol. The van der Waals surface area contributed by atoms with Crippen molar-refractivity contribution in [2.75, 3.05) is 46.5 Å². The van der Waals surface area contributed by atoms with E-state index in [0.717, 1.165) is 38.5 Å². The first kappa shape index (κ1) is 15.9. The molecule has 1 rings (SSSR count). The summed E-state index contributed by atoms with van der Waals surface area (Å²) in [6, 6.07) is 0.439. The molecule has 0 radical (unpaired) electrons. The molecule has 1 atom stereocenters. The third-order valence-electron chi connectivity index (χ3n) is 3.75. The lowest BCUT2D eigenvalue weighted by Gasteiger charge is -2.34. The fourth-order valence-electron chi connectivity index (χ4n) is 2.65. The molecule has 18 heavy (non-hydrogen) atoms. The number of nitrogens with one attached hydrogen (secondary N) is 1. The number of rotatable bonds is 9. The van der Waals surface area contributed by atoms with Crippen molar-refractivity contribution in [1.29, 1.82) is 0 Å². The zero-order valence-corrected chi connectivity index (χ0v) is 12.0. The van der Waals surface area contributed by atoms with E-state index in [2.05, 4.69) is 17.1 Å². The molecule has 0 aromatic carbocycles. The Kier molecular flexibility index (Phi) is 8.59. The van der Waals surface area contributed by atoms with Crippen LogP contribution in [0.5, 0.6) is 0 Å². The van der Waals surface area contributed by atoms with Gasteiger partial charge in [0.1, 0.15) is 0 Å². The molecule has 1 heterocycles. The first-order chi connectivity index (χ1) is 8.80. The number of hydrogen-bond donors (Lipinski definition) is 2. The van der Waals surface area contributed by atoms with Crippen molar-refractivity contribution in [3.63, 3.8) is 0 Å². The third-order valence-corrected chi connectivity index (χ3v) is 3.75. The quantitative estimate of drug-likeness (QED) is 0.650. The molecule has 0 aromatic heterocycles. The Hall–Kier alpha value is -0.160. The standard InChI is InChI=1S/C14H30N2O2/c1-3-7-15-14(6-10-17)11-16-8-4-13(5-9-16)12-18-2/h13-15,17H,3-12H2,1-2H3. The van der Waals surface area contributed by atoms with E-state index in [-0.39, 0.29) is 6.61 Å². The van der Waals surface area contributed by atoms with Crippen molar-refractivity contribution in [2.24, 2.45) is 5.92 Å². The predicted octanol–water partition coefficient (Wildman–Crippen LogP) is 1.10. The van der Waals surface area contributed by atoms with Gasteiger partial charge in [-0.1, -0.05) is 6.92 Å². The van der Waals surface area contributed by atoms with E-state index in [1.165, 1.54) is 25.9 Å². The van der Waals surface area contributed by atoms with E-state index in [1.54, 1.807) is 7.11 Å². The van der Waals surface area contributed by atoms with Crippen molar-refractivity contribution in [3.05, 3.63) is 0 Å². The lowest BCUT2D eigenvalue weighted by atomic mass is 9.97. The zero-order chi connectivity index (χ0) is 13.2. The van der Waals surface area contributed by atoms with Crippen LogP contribution < -0.4 is 5.32 Å². The highest BCUT2D eigenvalue weighted by molar-refractivity contribution is 4.77. The summed E-state index contributed by atoms with van der Waals surface area (Å²) in [7, 11) is 1.79. The molecule has 0 bridgehead atoms. The second-order valence-corrected chi connectivity index (χ2v) is 5.36. The fourth-order valence-corrected chi connectivity index (χ4v) is 2.65. The summed E-state index contributed by atoms with van der Waals surface area (Å²) < 4.78 is 5.23. The van der Waals surface area contributed by atoms with Gasteiger partial charge in [0, 0.05) is 32.9 Å². The van der Waals surface area contributed by atoms with Gasteiger partial charge in [-0.3, -0.25) is 0 Å². The molecule has 4 heteroatoms. The fraction of sp³-hybridized carbons (Fsp3) is 1.00. The average molecular weight is 258 g/mol. The van der Waals surface area contributed by atoms with Gasteiger partial charge in [0.25, 0.3) is 0 Å². The molecule has 0 amide bonds. The number of ether oxygens (including phenoxy) is 1. The van der Waals surface area contributed by atoms with Gasteiger partial charge in [-0.2, -0.15) is 0 Å². The molecule has 1 saturated heterocycles. The van der Waals surface area contributed by atoms with Crippen LogP contribution >= 0.6 is 0 Å². The molecule has 1 aliphatic rings. The minimum Gasteiger partial charge on any atom is -0.396 e. The van der Waals surface area contributed by atoms with Crippen molar-refractivity contribution in [2.45, 2.75) is 38.6 Å². The Morgan fingerprint density at radius 2 is 2.11 bits per heavy atom. The van der Waals surface area contributed by atoms with Crippen LogP contribution in [0.1, 0.15) is 32.6 Å². The molecule has 4 nitrogen and oxygen atoms in total. The van der Waals surface area contributed by atoms with Gasteiger partial charge in [-0.25, -0.2) is 0 Å². The van der Waals surface area contributed by atoms with Gasteiger partial charge < -0.3 is 20.1 Å². The number of methoxy groups -OCH3 is 1. The van der Waals surface area contributed by atoms with Crippen LogP contribution in [0.4, 0.5) is 0 Å². The number of aliphatic hydroxyl groups is 1. The highest BCUT2D eigenvalue weighted by atomic mass is 16.5. The highest BCUT2D eigenvalue weighted by Gasteiger charge is 2.21. The van der Waals surface area contributed by atoms with E-state index in [0.29, 0.717) is 6.04 Å². The predicted molar refractivity (Wildman–Crippen MR) is 74.8 cm³/mol. The van der Waals surface area contributed by atoms with Crippen LogP contribution in [-0.2, 0) is 4.74 Å². The normalized spacial score (nSPS) is 20.2. The van der Waals surface area contributed by atoms with Crippen molar-refractivity contribution >= 4 is 0 Å². The molecular weight excluding hydrogens is 228 g/mol. The molecule has 0 saturated carbocycles. The number of piperidine rings is 1. The zero-order valence-electron chi connectivity index (χ0n) is 12.0. The minimum absolute atomic E-state index is 0.279. The van der Waals surface area contributed by atoms with Crippen LogP contribution in [0.15, 0.2) is 0 Å². The molecule has 108 valence electrons. The summed E-state index contributed by atoms with van der Waals surface area (Å²) in [4.78, 5) is 2.52. The van der Waals surface area contributed by atoms with Gasteiger partial charge in [0.05, 0.1) is 0 Å². The second kappa shape index (κ2) is 9.73. The topological polar surface area (TPSA) is 44.7 Å². The summed E-state index contributed by atoms with van der Waals surface area (Å²) >= 11 is 0. The number of aliphatic hydroxyl groups excluding tert-OH is 1. The Bertz CT molecular complexity index is 194. The minimum atomic E-state index is 0.279. The second-order valence-electron chi connectivity index (χ2n) is 5.36. The van der Waals surface area contributed by atoms with Crippen LogP contribution in [-0.4, -0.2) is 62.6 Å². The summed E-state index contributed by atoms with van der Waals surface area (Å²) in [5.41, 5.74) is 0. The van der Waals surface area contributed by atoms with Gasteiger partial charge >= 0.3 is 0 Å². The van der Waals surface area contributed by atoms with Crippen molar-refractivity contribution in [1.82, 2.24) is 10.2 Å². The van der Waals surface area contributed by atoms with Crippen molar-refractivity contribution in [3.8, 4) is 0 Å². The molecule has 0 spiro atoms.